The van der Waals surface area contributed by atoms with Crippen LogP contribution in [0.3, 0.4) is 0 Å². The third kappa shape index (κ3) is 4.75. The summed E-state index contributed by atoms with van der Waals surface area (Å²) in [6, 6.07) is 12.2. The molecule has 11 heteroatoms. The van der Waals surface area contributed by atoms with Crippen LogP contribution in [0, 0.1) is 5.82 Å². The van der Waals surface area contributed by atoms with E-state index < -0.39 is 15.9 Å². The smallest absolute Gasteiger partial charge is 0.257 e. The van der Waals surface area contributed by atoms with Crippen LogP contribution in [-0.2, 0) is 10.0 Å². The van der Waals surface area contributed by atoms with Crippen molar-refractivity contribution in [2.45, 2.75) is 23.7 Å². The van der Waals surface area contributed by atoms with Crippen LogP contribution < -0.4 is 10.2 Å². The summed E-state index contributed by atoms with van der Waals surface area (Å²) in [5.74, 6) is -0.282. The van der Waals surface area contributed by atoms with Crippen molar-refractivity contribution in [2.75, 3.05) is 36.4 Å². The molecule has 1 aliphatic carbocycles. The average Bonchev–Trinajstić information content (AvgIpc) is 3.58. The van der Waals surface area contributed by atoms with Gasteiger partial charge >= 0.3 is 0 Å². The van der Waals surface area contributed by atoms with Crippen LogP contribution in [0.1, 0.15) is 34.1 Å². The molecule has 2 fully saturated rings. The molecular formula is C22H22FN5O3S2. The van der Waals surface area contributed by atoms with Gasteiger partial charge in [-0.3, -0.25) is 10.1 Å². The number of benzene rings is 2. The molecule has 2 aromatic carbocycles. The maximum absolute atomic E-state index is 13.2. The van der Waals surface area contributed by atoms with E-state index in [1.807, 2.05) is 4.90 Å². The van der Waals surface area contributed by atoms with E-state index >= 15 is 0 Å². The average molecular weight is 488 g/mol. The molecule has 1 saturated carbocycles. The highest BCUT2D eigenvalue weighted by Gasteiger charge is 2.30. The van der Waals surface area contributed by atoms with Crippen molar-refractivity contribution in [3.05, 3.63) is 64.9 Å². The lowest BCUT2D eigenvalue weighted by Crippen LogP contribution is -2.48. The van der Waals surface area contributed by atoms with Gasteiger partial charge in [-0.15, -0.1) is 10.2 Å². The Morgan fingerprint density at radius 3 is 2.45 bits per heavy atom. The summed E-state index contributed by atoms with van der Waals surface area (Å²) < 4.78 is 41.0. The zero-order valence-electron chi connectivity index (χ0n) is 17.6. The van der Waals surface area contributed by atoms with Crippen LogP contribution in [0.25, 0.3) is 0 Å². The Morgan fingerprint density at radius 2 is 1.76 bits per heavy atom. The van der Waals surface area contributed by atoms with E-state index in [0.29, 0.717) is 37.2 Å². The van der Waals surface area contributed by atoms with Gasteiger partial charge in [0.2, 0.25) is 15.2 Å². The summed E-state index contributed by atoms with van der Waals surface area (Å²) in [6.07, 6.45) is 2.20. The first-order chi connectivity index (χ1) is 15.9. The van der Waals surface area contributed by atoms with Crippen molar-refractivity contribution < 1.29 is 17.6 Å². The standard InChI is InChI=1S/C22H22FN5O3S2/c23-17-6-8-18(9-7-17)27-10-12-28(13-11-27)33(30,31)19-3-1-2-16(14-19)20(29)24-22-26-25-21(32-22)15-4-5-15/h1-3,6-9,14-15H,4-5,10-13H2,(H,24,26,29). The number of carbonyl (C=O) groups excluding carboxylic acids is 1. The molecule has 0 atom stereocenters. The van der Waals surface area contributed by atoms with E-state index in [4.69, 9.17) is 0 Å². The van der Waals surface area contributed by atoms with Crippen molar-refractivity contribution in [1.29, 1.82) is 0 Å². The highest BCUT2D eigenvalue weighted by Crippen LogP contribution is 2.42. The highest BCUT2D eigenvalue weighted by molar-refractivity contribution is 7.89. The summed E-state index contributed by atoms with van der Waals surface area (Å²) in [4.78, 5) is 14.8. The first-order valence-corrected chi connectivity index (χ1v) is 12.9. The molecule has 3 aromatic rings. The topological polar surface area (TPSA) is 95.5 Å². The second-order valence-electron chi connectivity index (χ2n) is 8.07. The number of nitrogens with zero attached hydrogens (tertiary/aromatic N) is 4. The summed E-state index contributed by atoms with van der Waals surface area (Å²) >= 11 is 1.35. The second-order valence-corrected chi connectivity index (χ2v) is 11.0. The van der Waals surface area contributed by atoms with Gasteiger partial charge in [-0.1, -0.05) is 17.4 Å². The largest absolute Gasteiger partial charge is 0.369 e. The van der Waals surface area contributed by atoms with Crippen molar-refractivity contribution in [3.63, 3.8) is 0 Å². The fourth-order valence-corrected chi connectivity index (χ4v) is 6.11. The number of amides is 1. The number of hydrogen-bond donors (Lipinski definition) is 1. The molecular weight excluding hydrogens is 465 g/mol. The lowest BCUT2D eigenvalue weighted by Gasteiger charge is -2.35. The molecule has 172 valence electrons. The van der Waals surface area contributed by atoms with Gasteiger partial charge in [0.1, 0.15) is 10.8 Å². The van der Waals surface area contributed by atoms with Crippen molar-refractivity contribution in [1.82, 2.24) is 14.5 Å². The first-order valence-electron chi connectivity index (χ1n) is 10.7. The van der Waals surface area contributed by atoms with Crippen LogP contribution in [-0.4, -0.2) is 55.0 Å². The van der Waals surface area contributed by atoms with Crippen LogP contribution >= 0.6 is 11.3 Å². The lowest BCUT2D eigenvalue weighted by atomic mass is 10.2. The van der Waals surface area contributed by atoms with E-state index in [9.17, 15) is 17.6 Å². The number of hydrogen-bond acceptors (Lipinski definition) is 7. The van der Waals surface area contributed by atoms with Gasteiger partial charge in [0.25, 0.3) is 5.91 Å². The van der Waals surface area contributed by atoms with Crippen LogP contribution in [0.15, 0.2) is 53.4 Å². The number of sulfonamides is 1. The van der Waals surface area contributed by atoms with Gasteiger partial charge in [0, 0.05) is 43.3 Å². The summed E-state index contributed by atoms with van der Waals surface area (Å²) in [5.41, 5.74) is 1.10. The zero-order chi connectivity index (χ0) is 23.0. The minimum Gasteiger partial charge on any atom is -0.369 e. The molecule has 8 nitrogen and oxygen atoms in total. The predicted molar refractivity (Wildman–Crippen MR) is 124 cm³/mol. The highest BCUT2D eigenvalue weighted by atomic mass is 32.2. The summed E-state index contributed by atoms with van der Waals surface area (Å²) in [7, 11) is -3.76. The molecule has 1 N–H and O–H groups in total. The number of carbonyl (C=O) groups is 1. The van der Waals surface area contributed by atoms with E-state index in [1.165, 1.54) is 39.9 Å². The van der Waals surface area contributed by atoms with Crippen LogP contribution in [0.5, 0.6) is 0 Å². The number of aromatic nitrogens is 2. The molecule has 2 aliphatic rings. The molecule has 5 rings (SSSR count). The first kappa shape index (κ1) is 21.9. The van der Waals surface area contributed by atoms with Crippen molar-refractivity contribution in [2.24, 2.45) is 0 Å². The molecule has 33 heavy (non-hydrogen) atoms. The maximum atomic E-state index is 13.2. The molecule has 1 aromatic heterocycles. The van der Waals surface area contributed by atoms with E-state index in [2.05, 4.69) is 15.5 Å². The maximum Gasteiger partial charge on any atom is 0.257 e. The predicted octanol–water partition coefficient (Wildman–Crippen LogP) is 3.32. The van der Waals surface area contributed by atoms with Gasteiger partial charge in [0.15, 0.2) is 0 Å². The Labute approximate surface area is 195 Å². The Bertz CT molecular complexity index is 1270. The third-order valence-electron chi connectivity index (χ3n) is 5.75. The van der Waals surface area contributed by atoms with Gasteiger partial charge in [-0.2, -0.15) is 4.31 Å². The lowest BCUT2D eigenvalue weighted by molar-refractivity contribution is 0.102. The molecule has 0 bridgehead atoms. The number of nitrogens with one attached hydrogen (secondary N) is 1. The number of halogens is 1. The van der Waals surface area contributed by atoms with Crippen LogP contribution in [0.4, 0.5) is 15.2 Å². The molecule has 0 radical (unpaired) electrons. The Kier molecular flexibility index (Phi) is 5.85. The minimum atomic E-state index is -3.76. The quantitative estimate of drug-likeness (QED) is 0.573. The molecule has 1 saturated heterocycles. The summed E-state index contributed by atoms with van der Waals surface area (Å²) in [5, 5.41) is 12.2. The third-order valence-corrected chi connectivity index (χ3v) is 8.65. The normalized spacial score (nSPS) is 17.2. The molecule has 2 heterocycles. The summed E-state index contributed by atoms with van der Waals surface area (Å²) in [6.45, 7) is 1.58. The van der Waals surface area contributed by atoms with Crippen LogP contribution in [0.2, 0.25) is 0 Å². The van der Waals surface area contributed by atoms with E-state index in [1.54, 1.807) is 24.3 Å². The van der Waals surface area contributed by atoms with Gasteiger partial charge in [0.05, 0.1) is 4.90 Å². The Balaban J connectivity index is 1.26. The Hall–Kier alpha value is -2.89. The number of rotatable bonds is 6. The molecule has 0 spiro atoms. The Morgan fingerprint density at radius 1 is 1.03 bits per heavy atom. The number of anilines is 2. The van der Waals surface area contributed by atoms with Crippen molar-refractivity contribution in [3.8, 4) is 0 Å². The van der Waals surface area contributed by atoms with Crippen molar-refractivity contribution >= 4 is 38.1 Å². The fourth-order valence-electron chi connectivity index (χ4n) is 3.74. The molecule has 0 unspecified atom stereocenters. The monoisotopic (exact) mass is 487 g/mol. The minimum absolute atomic E-state index is 0.0707. The van der Waals surface area contributed by atoms with E-state index in [-0.39, 0.29) is 16.3 Å². The fraction of sp³-hybridized carbons (Fsp3) is 0.318. The molecule has 1 amide bonds. The van der Waals surface area contributed by atoms with E-state index in [0.717, 1.165) is 23.5 Å². The van der Waals surface area contributed by atoms with Gasteiger partial charge in [-0.25, -0.2) is 12.8 Å². The van der Waals surface area contributed by atoms with Gasteiger partial charge < -0.3 is 4.90 Å². The van der Waals surface area contributed by atoms with Gasteiger partial charge in [-0.05, 0) is 55.3 Å². The zero-order valence-corrected chi connectivity index (χ0v) is 19.3. The second kappa shape index (κ2) is 8.81. The SMILES string of the molecule is O=C(Nc1nnc(C2CC2)s1)c1cccc(S(=O)(=O)N2CCN(c3ccc(F)cc3)CC2)c1. The molecule has 1 aliphatic heterocycles. The number of piperazine rings is 1.